The van der Waals surface area contributed by atoms with Crippen molar-refractivity contribution in [3.05, 3.63) is 0 Å². The van der Waals surface area contributed by atoms with E-state index < -0.39 is 12.1 Å². The molecule has 0 aromatic heterocycles. The van der Waals surface area contributed by atoms with Crippen LogP contribution in [0.2, 0.25) is 0 Å². The molecule has 1 saturated heterocycles. The zero-order valence-electron chi connectivity index (χ0n) is 9.97. The van der Waals surface area contributed by atoms with Gasteiger partial charge in [-0.25, -0.2) is 0 Å². The van der Waals surface area contributed by atoms with Gasteiger partial charge >= 0.3 is 5.97 Å². The van der Waals surface area contributed by atoms with Crippen LogP contribution in [0.5, 0.6) is 0 Å². The highest BCUT2D eigenvalue weighted by Crippen LogP contribution is 2.21. The molecule has 1 N–H and O–H groups in total. The van der Waals surface area contributed by atoms with Crippen molar-refractivity contribution >= 4 is 11.9 Å². The third-order valence-corrected chi connectivity index (χ3v) is 2.72. The first-order valence-electron chi connectivity index (χ1n) is 5.59. The lowest BCUT2D eigenvalue weighted by Gasteiger charge is -2.27. The van der Waals surface area contributed by atoms with E-state index in [2.05, 4.69) is 0 Å². The summed E-state index contributed by atoms with van der Waals surface area (Å²) in [6.07, 6.45) is 1.17. The third-order valence-electron chi connectivity index (χ3n) is 2.72. The predicted octanol–water partition coefficient (Wildman–Crippen LogP) is 0.875. The van der Waals surface area contributed by atoms with Gasteiger partial charge in [0, 0.05) is 6.04 Å². The Bertz CT molecular complexity index is 277. The van der Waals surface area contributed by atoms with Crippen molar-refractivity contribution in [3.63, 3.8) is 0 Å². The summed E-state index contributed by atoms with van der Waals surface area (Å²) in [5.74, 6) is -1.20. The minimum Gasteiger partial charge on any atom is -0.480 e. The van der Waals surface area contributed by atoms with Crippen molar-refractivity contribution in [2.45, 2.75) is 51.9 Å². The highest BCUT2D eigenvalue weighted by atomic mass is 16.5. The molecule has 0 spiro atoms. The average Bonchev–Trinajstić information content (AvgIpc) is 2.59. The normalized spacial score (nSPS) is 24.8. The van der Waals surface area contributed by atoms with Gasteiger partial charge in [-0.05, 0) is 33.6 Å². The number of hydrogen-bond acceptors (Lipinski definition) is 3. The smallest absolute Gasteiger partial charge is 0.323 e. The second-order valence-electron chi connectivity index (χ2n) is 4.47. The van der Waals surface area contributed by atoms with Crippen LogP contribution in [-0.2, 0) is 14.3 Å². The fraction of sp³-hybridized carbons (Fsp3) is 0.818. The van der Waals surface area contributed by atoms with Crippen LogP contribution in [-0.4, -0.2) is 46.7 Å². The van der Waals surface area contributed by atoms with Gasteiger partial charge in [0.05, 0.1) is 6.10 Å². The highest BCUT2D eigenvalue weighted by molar-refractivity contribution is 5.85. The molecule has 0 aromatic carbocycles. The number of carboxylic acids is 1. The second-order valence-corrected chi connectivity index (χ2v) is 4.47. The molecule has 5 heteroatoms. The quantitative estimate of drug-likeness (QED) is 0.777. The Morgan fingerprint density at radius 2 is 2.06 bits per heavy atom. The minimum absolute atomic E-state index is 0.0905. The van der Waals surface area contributed by atoms with Gasteiger partial charge in [0.1, 0.15) is 12.6 Å². The van der Waals surface area contributed by atoms with Crippen LogP contribution in [0.15, 0.2) is 0 Å². The van der Waals surface area contributed by atoms with Crippen LogP contribution < -0.4 is 0 Å². The van der Waals surface area contributed by atoms with Crippen molar-refractivity contribution in [3.8, 4) is 0 Å². The van der Waals surface area contributed by atoms with E-state index >= 15 is 0 Å². The van der Waals surface area contributed by atoms with Crippen molar-refractivity contribution in [1.82, 2.24) is 4.90 Å². The summed E-state index contributed by atoms with van der Waals surface area (Å²) in [5, 5.41) is 8.74. The second kappa shape index (κ2) is 5.30. The van der Waals surface area contributed by atoms with E-state index in [-0.39, 0.29) is 24.6 Å². The van der Waals surface area contributed by atoms with E-state index in [1.54, 1.807) is 13.8 Å². The molecular formula is C11H19NO4. The van der Waals surface area contributed by atoms with Crippen LogP contribution in [0.3, 0.4) is 0 Å². The molecular weight excluding hydrogens is 210 g/mol. The van der Waals surface area contributed by atoms with Crippen molar-refractivity contribution in [1.29, 1.82) is 0 Å². The number of nitrogens with zero attached hydrogens (tertiary/aromatic N) is 1. The van der Waals surface area contributed by atoms with E-state index in [4.69, 9.17) is 9.84 Å². The molecule has 1 aliphatic rings. The van der Waals surface area contributed by atoms with Crippen molar-refractivity contribution in [2.75, 3.05) is 6.54 Å². The predicted molar refractivity (Wildman–Crippen MR) is 58.1 cm³/mol. The van der Waals surface area contributed by atoms with E-state index in [0.717, 1.165) is 6.42 Å². The summed E-state index contributed by atoms with van der Waals surface area (Å²) in [4.78, 5) is 24.0. The third kappa shape index (κ3) is 3.20. The van der Waals surface area contributed by atoms with Gasteiger partial charge in [0.2, 0.25) is 0 Å². The Kier molecular flexibility index (Phi) is 4.29. The van der Waals surface area contributed by atoms with Crippen LogP contribution in [0.1, 0.15) is 33.6 Å². The van der Waals surface area contributed by atoms with Crippen LogP contribution in [0.4, 0.5) is 0 Å². The Morgan fingerprint density at radius 1 is 1.44 bits per heavy atom. The molecule has 1 aliphatic heterocycles. The number of ether oxygens (including phenoxy) is 1. The first-order chi connectivity index (χ1) is 7.41. The van der Waals surface area contributed by atoms with Gasteiger partial charge in [-0.3, -0.25) is 9.59 Å². The number of aliphatic carboxylic acids is 1. The zero-order chi connectivity index (χ0) is 12.3. The summed E-state index contributed by atoms with van der Waals surface area (Å²) in [7, 11) is 0. The SMILES string of the molecule is CC1CCC(C(=O)N(CC(=O)O)C(C)C)O1. The van der Waals surface area contributed by atoms with E-state index in [0.29, 0.717) is 6.42 Å². The molecule has 0 aromatic rings. The van der Waals surface area contributed by atoms with Crippen LogP contribution >= 0.6 is 0 Å². The van der Waals surface area contributed by atoms with E-state index in [1.165, 1.54) is 4.90 Å². The first kappa shape index (κ1) is 13.0. The largest absolute Gasteiger partial charge is 0.480 e. The minimum atomic E-state index is -0.993. The molecule has 1 amide bonds. The molecule has 5 nitrogen and oxygen atoms in total. The maximum atomic E-state index is 12.0. The standard InChI is InChI=1S/C11H19NO4/c1-7(2)12(6-10(13)14)11(15)9-5-4-8(3)16-9/h7-9H,4-6H2,1-3H3,(H,13,14). The molecule has 0 radical (unpaired) electrons. The lowest BCUT2D eigenvalue weighted by atomic mass is 10.1. The molecule has 0 bridgehead atoms. The van der Waals surface area contributed by atoms with E-state index in [1.807, 2.05) is 6.92 Å². The van der Waals surface area contributed by atoms with Gasteiger partial charge in [-0.2, -0.15) is 0 Å². The van der Waals surface area contributed by atoms with E-state index in [9.17, 15) is 9.59 Å². The fourth-order valence-electron chi connectivity index (χ4n) is 1.83. The van der Waals surface area contributed by atoms with Gasteiger partial charge in [-0.1, -0.05) is 0 Å². The van der Waals surface area contributed by atoms with Crippen molar-refractivity contribution in [2.24, 2.45) is 0 Å². The molecule has 1 fully saturated rings. The van der Waals surface area contributed by atoms with Gasteiger partial charge < -0.3 is 14.7 Å². The molecule has 92 valence electrons. The maximum Gasteiger partial charge on any atom is 0.323 e. The van der Waals surface area contributed by atoms with Crippen molar-refractivity contribution < 1.29 is 19.4 Å². The molecule has 1 heterocycles. The number of carboxylic acid groups (broad SMARTS) is 1. The monoisotopic (exact) mass is 229 g/mol. The summed E-state index contributed by atoms with van der Waals surface area (Å²) < 4.78 is 5.45. The van der Waals surface area contributed by atoms with Crippen LogP contribution in [0.25, 0.3) is 0 Å². The maximum absolute atomic E-state index is 12.0. The van der Waals surface area contributed by atoms with Crippen LogP contribution in [0, 0.1) is 0 Å². The number of carbonyl (C=O) groups is 2. The topological polar surface area (TPSA) is 66.8 Å². The molecule has 2 atom stereocenters. The molecule has 1 rings (SSSR count). The Balaban J connectivity index is 2.63. The van der Waals surface area contributed by atoms with Gasteiger partial charge in [-0.15, -0.1) is 0 Å². The highest BCUT2D eigenvalue weighted by Gasteiger charge is 2.33. The summed E-state index contributed by atoms with van der Waals surface area (Å²) >= 11 is 0. The Labute approximate surface area is 95.4 Å². The number of carbonyl (C=O) groups excluding carboxylic acids is 1. The zero-order valence-corrected chi connectivity index (χ0v) is 9.97. The summed E-state index contributed by atoms with van der Waals surface area (Å²) in [6, 6.07) is -0.122. The lowest BCUT2D eigenvalue weighted by molar-refractivity contribution is -0.151. The molecule has 2 unspecified atom stereocenters. The summed E-state index contributed by atoms with van der Waals surface area (Å²) in [5.41, 5.74) is 0. The molecule has 0 saturated carbocycles. The molecule has 16 heavy (non-hydrogen) atoms. The van der Waals surface area contributed by atoms with Gasteiger partial charge in [0.25, 0.3) is 5.91 Å². The van der Waals surface area contributed by atoms with Gasteiger partial charge in [0.15, 0.2) is 0 Å². The number of amides is 1. The first-order valence-corrected chi connectivity index (χ1v) is 5.59. The molecule has 0 aliphatic carbocycles. The average molecular weight is 229 g/mol. The fourth-order valence-corrected chi connectivity index (χ4v) is 1.83. The number of rotatable bonds is 4. The lowest BCUT2D eigenvalue weighted by Crippen LogP contribution is -2.45. The Hall–Kier alpha value is -1.10. The Morgan fingerprint density at radius 3 is 2.44 bits per heavy atom. The summed E-state index contributed by atoms with van der Waals surface area (Å²) in [6.45, 7) is 5.27. The number of hydrogen-bond donors (Lipinski definition) is 1.